The molecule has 3 nitrogen and oxygen atoms in total. The molecule has 2 aromatic rings. The average molecular weight is 249 g/mol. The fraction of sp³-hybridized carbons (Fsp3) is 0.154. The first-order valence-corrected chi connectivity index (χ1v) is 5.64. The number of nitrogens with one attached hydrogen (secondary N) is 1. The number of ether oxygens (including phenoxy) is 1. The van der Waals surface area contributed by atoms with E-state index in [0.717, 1.165) is 22.2 Å². The second kappa shape index (κ2) is 5.55. The maximum atomic E-state index is 5.91. The third-order valence-corrected chi connectivity index (χ3v) is 2.57. The van der Waals surface area contributed by atoms with Crippen molar-refractivity contribution in [1.82, 2.24) is 4.98 Å². The third kappa shape index (κ3) is 3.36. The Labute approximate surface area is 105 Å². The van der Waals surface area contributed by atoms with E-state index >= 15 is 0 Å². The van der Waals surface area contributed by atoms with Gasteiger partial charge in [-0.2, -0.15) is 0 Å². The van der Waals surface area contributed by atoms with E-state index in [4.69, 9.17) is 16.3 Å². The van der Waals surface area contributed by atoms with E-state index in [1.807, 2.05) is 36.4 Å². The lowest BCUT2D eigenvalue weighted by atomic mass is 10.2. The molecule has 17 heavy (non-hydrogen) atoms. The molecule has 1 aromatic carbocycles. The van der Waals surface area contributed by atoms with Crippen LogP contribution in [0.25, 0.3) is 0 Å². The van der Waals surface area contributed by atoms with E-state index in [-0.39, 0.29) is 0 Å². The van der Waals surface area contributed by atoms with Gasteiger partial charge in [-0.25, -0.2) is 4.98 Å². The number of benzene rings is 1. The summed E-state index contributed by atoms with van der Waals surface area (Å²) in [4.78, 5) is 4.22. The molecule has 0 aliphatic rings. The molecule has 0 unspecified atom stereocenters. The lowest BCUT2D eigenvalue weighted by Gasteiger charge is -2.06. The summed E-state index contributed by atoms with van der Waals surface area (Å²) in [7, 11) is 1.62. The van der Waals surface area contributed by atoms with Crippen LogP contribution in [0.5, 0.6) is 5.75 Å². The van der Waals surface area contributed by atoms with E-state index < -0.39 is 0 Å². The molecule has 0 spiro atoms. The number of hydrogen-bond acceptors (Lipinski definition) is 3. The zero-order chi connectivity index (χ0) is 12.1. The summed E-state index contributed by atoms with van der Waals surface area (Å²) < 4.78 is 5.04. The maximum absolute atomic E-state index is 5.91. The summed E-state index contributed by atoms with van der Waals surface area (Å²) in [5.41, 5.74) is 1.12. The first-order chi connectivity index (χ1) is 8.28. The van der Waals surface area contributed by atoms with Crippen LogP contribution in [0.1, 0.15) is 5.56 Å². The molecule has 0 aliphatic heterocycles. The smallest absolute Gasteiger partial charge is 0.137 e. The van der Waals surface area contributed by atoms with Gasteiger partial charge in [0.1, 0.15) is 11.6 Å². The molecule has 0 bridgehead atoms. The van der Waals surface area contributed by atoms with Crippen LogP contribution in [0.2, 0.25) is 5.02 Å². The highest BCUT2D eigenvalue weighted by Crippen LogP contribution is 2.14. The van der Waals surface area contributed by atoms with E-state index in [1.165, 1.54) is 0 Å². The number of hydrogen-bond donors (Lipinski definition) is 1. The van der Waals surface area contributed by atoms with Crippen LogP contribution in [0.4, 0.5) is 5.82 Å². The van der Waals surface area contributed by atoms with Crippen molar-refractivity contribution in [3.63, 3.8) is 0 Å². The van der Waals surface area contributed by atoms with Crippen molar-refractivity contribution in [1.29, 1.82) is 0 Å². The van der Waals surface area contributed by atoms with Gasteiger partial charge in [0.05, 0.1) is 13.3 Å². The van der Waals surface area contributed by atoms with E-state index in [2.05, 4.69) is 10.3 Å². The number of pyridine rings is 1. The quantitative estimate of drug-likeness (QED) is 0.901. The Morgan fingerprint density at radius 3 is 2.82 bits per heavy atom. The van der Waals surface area contributed by atoms with Crippen LogP contribution in [-0.2, 0) is 6.54 Å². The van der Waals surface area contributed by atoms with Crippen molar-refractivity contribution < 1.29 is 4.74 Å². The number of methoxy groups -OCH3 is 1. The van der Waals surface area contributed by atoms with E-state index in [0.29, 0.717) is 6.54 Å². The Morgan fingerprint density at radius 2 is 2.18 bits per heavy atom. The lowest BCUT2D eigenvalue weighted by Crippen LogP contribution is -2.01. The molecule has 0 radical (unpaired) electrons. The van der Waals surface area contributed by atoms with Crippen molar-refractivity contribution in [2.24, 2.45) is 0 Å². The largest absolute Gasteiger partial charge is 0.495 e. The van der Waals surface area contributed by atoms with Crippen molar-refractivity contribution in [2.45, 2.75) is 6.54 Å². The monoisotopic (exact) mass is 248 g/mol. The Hall–Kier alpha value is -1.74. The average Bonchev–Trinajstić information content (AvgIpc) is 2.37. The van der Waals surface area contributed by atoms with Crippen LogP contribution < -0.4 is 10.1 Å². The number of aromatic nitrogens is 1. The third-order valence-electron chi connectivity index (χ3n) is 2.33. The van der Waals surface area contributed by atoms with Gasteiger partial charge in [-0.3, -0.25) is 0 Å². The minimum Gasteiger partial charge on any atom is -0.495 e. The standard InChI is InChI=1S/C13H13ClN2O/c1-17-12-5-6-13(16-9-12)15-8-10-3-2-4-11(14)7-10/h2-7,9H,8H2,1H3,(H,15,16). The van der Waals surface area contributed by atoms with Gasteiger partial charge < -0.3 is 10.1 Å². The van der Waals surface area contributed by atoms with Gasteiger partial charge in [-0.1, -0.05) is 23.7 Å². The molecule has 1 aromatic heterocycles. The van der Waals surface area contributed by atoms with Crippen molar-refractivity contribution >= 4 is 17.4 Å². The van der Waals surface area contributed by atoms with Crippen LogP contribution in [0.3, 0.4) is 0 Å². The summed E-state index contributed by atoms with van der Waals surface area (Å²) in [6, 6.07) is 11.5. The van der Waals surface area contributed by atoms with Crippen molar-refractivity contribution in [3.05, 3.63) is 53.2 Å². The van der Waals surface area contributed by atoms with Crippen LogP contribution in [-0.4, -0.2) is 12.1 Å². The molecule has 1 heterocycles. The SMILES string of the molecule is COc1ccc(NCc2cccc(Cl)c2)nc1. The normalized spacial score (nSPS) is 10.0. The Bertz CT molecular complexity index is 485. The molecule has 0 saturated heterocycles. The molecule has 0 saturated carbocycles. The van der Waals surface area contributed by atoms with E-state index in [1.54, 1.807) is 13.3 Å². The van der Waals surface area contributed by atoms with Gasteiger partial charge in [0.2, 0.25) is 0 Å². The minimum atomic E-state index is 0.694. The predicted molar refractivity (Wildman–Crippen MR) is 69.6 cm³/mol. The first-order valence-electron chi connectivity index (χ1n) is 5.26. The van der Waals surface area contributed by atoms with Crippen molar-refractivity contribution in [3.8, 4) is 5.75 Å². The number of rotatable bonds is 4. The Balaban J connectivity index is 1.97. The summed E-state index contributed by atoms with van der Waals surface area (Å²) >= 11 is 5.91. The van der Waals surface area contributed by atoms with Gasteiger partial charge in [0, 0.05) is 11.6 Å². The lowest BCUT2D eigenvalue weighted by molar-refractivity contribution is 0.413. The highest BCUT2D eigenvalue weighted by Gasteiger charge is 1.97. The Kier molecular flexibility index (Phi) is 3.83. The summed E-state index contributed by atoms with van der Waals surface area (Å²) in [6.07, 6.45) is 1.68. The number of anilines is 1. The molecule has 88 valence electrons. The van der Waals surface area contributed by atoms with Crippen LogP contribution >= 0.6 is 11.6 Å². The van der Waals surface area contributed by atoms with Gasteiger partial charge >= 0.3 is 0 Å². The van der Waals surface area contributed by atoms with Gasteiger partial charge in [0.15, 0.2) is 0 Å². The van der Waals surface area contributed by atoms with Crippen LogP contribution in [0.15, 0.2) is 42.6 Å². The van der Waals surface area contributed by atoms with Crippen molar-refractivity contribution in [2.75, 3.05) is 12.4 Å². The van der Waals surface area contributed by atoms with Crippen LogP contribution in [0, 0.1) is 0 Å². The fourth-order valence-corrected chi connectivity index (χ4v) is 1.66. The molecular weight excluding hydrogens is 236 g/mol. The molecule has 1 N–H and O–H groups in total. The molecule has 0 atom stereocenters. The number of nitrogens with zero attached hydrogens (tertiary/aromatic N) is 1. The first kappa shape index (κ1) is 11.7. The molecule has 0 amide bonds. The predicted octanol–water partition coefficient (Wildman–Crippen LogP) is 3.36. The summed E-state index contributed by atoms with van der Waals surface area (Å²) in [5, 5.41) is 3.96. The molecular formula is C13H13ClN2O. The van der Waals surface area contributed by atoms with Gasteiger partial charge in [-0.15, -0.1) is 0 Å². The highest BCUT2D eigenvalue weighted by molar-refractivity contribution is 6.30. The maximum Gasteiger partial charge on any atom is 0.137 e. The second-order valence-electron chi connectivity index (χ2n) is 3.57. The molecule has 0 aliphatic carbocycles. The zero-order valence-corrected chi connectivity index (χ0v) is 10.2. The van der Waals surface area contributed by atoms with E-state index in [9.17, 15) is 0 Å². The highest BCUT2D eigenvalue weighted by atomic mass is 35.5. The molecule has 4 heteroatoms. The minimum absolute atomic E-state index is 0.694. The molecule has 0 fully saturated rings. The number of halogens is 1. The zero-order valence-electron chi connectivity index (χ0n) is 9.48. The Morgan fingerprint density at radius 1 is 1.29 bits per heavy atom. The van der Waals surface area contributed by atoms with Gasteiger partial charge in [0.25, 0.3) is 0 Å². The summed E-state index contributed by atoms with van der Waals surface area (Å²) in [6.45, 7) is 0.694. The molecule has 2 rings (SSSR count). The van der Waals surface area contributed by atoms with Gasteiger partial charge in [-0.05, 0) is 29.8 Å². The second-order valence-corrected chi connectivity index (χ2v) is 4.00. The summed E-state index contributed by atoms with van der Waals surface area (Å²) in [5.74, 6) is 1.56. The topological polar surface area (TPSA) is 34.1 Å². The fourth-order valence-electron chi connectivity index (χ4n) is 1.45.